The Kier molecular flexibility index (Phi) is 36.9. The van der Waals surface area contributed by atoms with Crippen molar-refractivity contribution < 1.29 is 19.7 Å². The van der Waals surface area contributed by atoms with Gasteiger partial charge in [0.2, 0.25) is 0 Å². The van der Waals surface area contributed by atoms with Gasteiger partial charge >= 0.3 is 0 Å². The molecule has 0 rings (SSSR count). The Hall–Kier alpha value is -0.160. The van der Waals surface area contributed by atoms with E-state index in [1.165, 1.54) is 167 Å². The molecule has 0 radical (unpaired) electrons. The molecular formula is C38H78O4. The number of hydrogen-bond donors (Lipinski definition) is 2. The van der Waals surface area contributed by atoms with Gasteiger partial charge in [0.1, 0.15) is 0 Å². The van der Waals surface area contributed by atoms with Crippen molar-refractivity contribution >= 4 is 0 Å². The molecule has 2 unspecified atom stereocenters. The van der Waals surface area contributed by atoms with Crippen molar-refractivity contribution in [2.24, 2.45) is 0 Å². The normalized spacial score (nSPS) is 13.1. The third kappa shape index (κ3) is 36.0. The Labute approximate surface area is 264 Å². The minimum absolute atomic E-state index is 0.380. The van der Waals surface area contributed by atoms with Gasteiger partial charge in [-0.1, -0.05) is 181 Å². The van der Waals surface area contributed by atoms with Gasteiger partial charge in [0.25, 0.3) is 0 Å². The lowest BCUT2D eigenvalue weighted by molar-refractivity contribution is 0.00316. The lowest BCUT2D eigenvalue weighted by atomic mass is 10.0. The molecule has 0 aromatic carbocycles. The highest BCUT2D eigenvalue weighted by Gasteiger charge is 2.10. The zero-order chi connectivity index (χ0) is 30.6. The lowest BCUT2D eigenvalue weighted by Crippen LogP contribution is -2.21. The van der Waals surface area contributed by atoms with Crippen LogP contribution in [0, 0.1) is 0 Å². The molecule has 0 aliphatic rings. The Bertz CT molecular complexity index is 430. The van der Waals surface area contributed by atoms with Crippen molar-refractivity contribution in [1.29, 1.82) is 0 Å². The smallest absolute Gasteiger partial charge is 0.0774 e. The van der Waals surface area contributed by atoms with E-state index >= 15 is 0 Å². The molecule has 0 heterocycles. The van der Waals surface area contributed by atoms with E-state index in [0.717, 1.165) is 26.1 Å². The van der Waals surface area contributed by atoms with Gasteiger partial charge in [-0.15, -0.1) is 0 Å². The first kappa shape index (κ1) is 41.8. The van der Waals surface area contributed by atoms with Crippen LogP contribution in [0.5, 0.6) is 0 Å². The van der Waals surface area contributed by atoms with Gasteiger partial charge in [0.05, 0.1) is 25.4 Å². The topological polar surface area (TPSA) is 58.9 Å². The zero-order valence-electron chi connectivity index (χ0n) is 28.9. The summed E-state index contributed by atoms with van der Waals surface area (Å²) in [7, 11) is 0. The summed E-state index contributed by atoms with van der Waals surface area (Å²) in [4.78, 5) is 0. The number of aliphatic hydroxyl groups is 2. The van der Waals surface area contributed by atoms with E-state index < -0.39 is 12.2 Å². The Morgan fingerprint density at radius 3 is 0.786 bits per heavy atom. The van der Waals surface area contributed by atoms with Crippen molar-refractivity contribution in [3.8, 4) is 0 Å². The van der Waals surface area contributed by atoms with E-state index in [1.807, 2.05) is 0 Å². The third-order valence-electron chi connectivity index (χ3n) is 8.74. The number of rotatable bonds is 37. The van der Waals surface area contributed by atoms with E-state index in [0.29, 0.717) is 26.1 Å². The molecule has 0 bridgehead atoms. The maximum atomic E-state index is 10.1. The van der Waals surface area contributed by atoms with Gasteiger partial charge < -0.3 is 19.7 Å². The van der Waals surface area contributed by atoms with Gasteiger partial charge in [0.15, 0.2) is 0 Å². The van der Waals surface area contributed by atoms with Crippen LogP contribution in [0.1, 0.15) is 206 Å². The van der Waals surface area contributed by atoms with Gasteiger partial charge in [-0.3, -0.25) is 0 Å². The number of ether oxygens (including phenoxy) is 2. The average Bonchev–Trinajstić information content (AvgIpc) is 2.99. The molecule has 0 aliphatic carbocycles. The first-order valence-electron chi connectivity index (χ1n) is 19.2. The number of hydrogen-bond acceptors (Lipinski definition) is 4. The second-order valence-electron chi connectivity index (χ2n) is 13.2. The van der Waals surface area contributed by atoms with E-state index in [9.17, 15) is 10.2 Å². The maximum Gasteiger partial charge on any atom is 0.0774 e. The van der Waals surface area contributed by atoms with Crippen LogP contribution in [0.4, 0.5) is 0 Å². The predicted octanol–water partition coefficient (Wildman–Crippen LogP) is 11.5. The third-order valence-corrected chi connectivity index (χ3v) is 8.74. The standard InChI is InChI=1S/C38H78O4/c1-3-5-7-9-11-13-15-17-19-21-23-25-27-29-33-41-35-37(39)31-32-38(40)36-42-34-30-28-26-24-22-20-18-16-14-12-10-8-6-4-2/h37-40H,3-36H2,1-2H3. The fourth-order valence-corrected chi connectivity index (χ4v) is 5.79. The van der Waals surface area contributed by atoms with Crippen molar-refractivity contribution in [3.63, 3.8) is 0 Å². The van der Waals surface area contributed by atoms with Gasteiger partial charge in [-0.25, -0.2) is 0 Å². The fraction of sp³-hybridized carbons (Fsp3) is 1.00. The molecule has 4 heteroatoms. The quantitative estimate of drug-likeness (QED) is 0.0698. The summed E-state index contributed by atoms with van der Waals surface area (Å²) in [5.74, 6) is 0. The predicted molar refractivity (Wildman–Crippen MR) is 184 cm³/mol. The second kappa shape index (κ2) is 37.0. The molecule has 2 atom stereocenters. The van der Waals surface area contributed by atoms with Crippen LogP contribution in [-0.4, -0.2) is 48.8 Å². The van der Waals surface area contributed by atoms with Crippen LogP contribution < -0.4 is 0 Å². The lowest BCUT2D eigenvalue weighted by Gasteiger charge is -2.15. The minimum atomic E-state index is -0.489. The Balaban J connectivity index is 3.25. The summed E-state index contributed by atoms with van der Waals surface area (Å²) in [6.07, 6.45) is 38.2. The van der Waals surface area contributed by atoms with Gasteiger partial charge in [0, 0.05) is 13.2 Å². The highest BCUT2D eigenvalue weighted by Crippen LogP contribution is 2.14. The molecule has 42 heavy (non-hydrogen) atoms. The summed E-state index contributed by atoms with van der Waals surface area (Å²) in [6, 6.07) is 0. The Morgan fingerprint density at radius 1 is 0.333 bits per heavy atom. The summed E-state index contributed by atoms with van der Waals surface area (Å²) < 4.78 is 11.3. The SMILES string of the molecule is CCCCCCCCCCCCCCCCOCC(O)CCC(O)COCCCCCCCCCCCCCCCC. The van der Waals surface area contributed by atoms with Gasteiger partial charge in [-0.05, 0) is 25.7 Å². The molecular weight excluding hydrogens is 520 g/mol. The first-order valence-corrected chi connectivity index (χ1v) is 19.2. The van der Waals surface area contributed by atoms with E-state index in [4.69, 9.17) is 9.47 Å². The summed E-state index contributed by atoms with van der Waals surface area (Å²) in [5.41, 5.74) is 0. The molecule has 0 spiro atoms. The van der Waals surface area contributed by atoms with Crippen LogP contribution in [0.25, 0.3) is 0 Å². The average molecular weight is 599 g/mol. The molecule has 254 valence electrons. The molecule has 0 aromatic rings. The van der Waals surface area contributed by atoms with Crippen LogP contribution in [0.3, 0.4) is 0 Å². The van der Waals surface area contributed by atoms with Crippen molar-refractivity contribution in [3.05, 3.63) is 0 Å². The fourth-order valence-electron chi connectivity index (χ4n) is 5.79. The van der Waals surface area contributed by atoms with Crippen LogP contribution in [0.15, 0.2) is 0 Å². The summed E-state index contributed by atoms with van der Waals surface area (Å²) >= 11 is 0. The van der Waals surface area contributed by atoms with Crippen molar-refractivity contribution in [2.45, 2.75) is 219 Å². The van der Waals surface area contributed by atoms with Crippen LogP contribution in [-0.2, 0) is 9.47 Å². The summed E-state index contributed by atoms with van der Waals surface area (Å²) in [6.45, 7) is 6.80. The molecule has 0 aromatic heterocycles. The molecule has 4 nitrogen and oxygen atoms in total. The van der Waals surface area contributed by atoms with E-state index in [-0.39, 0.29) is 0 Å². The van der Waals surface area contributed by atoms with E-state index in [2.05, 4.69) is 13.8 Å². The second-order valence-corrected chi connectivity index (χ2v) is 13.2. The molecule has 2 N–H and O–H groups in total. The largest absolute Gasteiger partial charge is 0.391 e. The van der Waals surface area contributed by atoms with Gasteiger partial charge in [-0.2, -0.15) is 0 Å². The highest BCUT2D eigenvalue weighted by molar-refractivity contribution is 4.61. The zero-order valence-corrected chi connectivity index (χ0v) is 28.9. The van der Waals surface area contributed by atoms with Crippen molar-refractivity contribution in [2.75, 3.05) is 26.4 Å². The number of aliphatic hydroxyl groups excluding tert-OH is 2. The first-order chi connectivity index (χ1) is 20.7. The minimum Gasteiger partial charge on any atom is -0.391 e. The molecule has 0 saturated carbocycles. The molecule has 0 fully saturated rings. The van der Waals surface area contributed by atoms with E-state index in [1.54, 1.807) is 0 Å². The molecule has 0 saturated heterocycles. The summed E-state index contributed by atoms with van der Waals surface area (Å²) in [5, 5.41) is 20.3. The highest BCUT2D eigenvalue weighted by atomic mass is 16.5. The van der Waals surface area contributed by atoms with Crippen molar-refractivity contribution in [1.82, 2.24) is 0 Å². The van der Waals surface area contributed by atoms with Crippen LogP contribution >= 0.6 is 0 Å². The monoisotopic (exact) mass is 599 g/mol. The van der Waals surface area contributed by atoms with Crippen LogP contribution in [0.2, 0.25) is 0 Å². The number of unbranched alkanes of at least 4 members (excludes halogenated alkanes) is 26. The molecule has 0 amide bonds. The Morgan fingerprint density at radius 2 is 0.548 bits per heavy atom. The maximum absolute atomic E-state index is 10.1. The molecule has 0 aliphatic heterocycles.